The molecule has 0 bridgehead atoms. The molecule has 2 atom stereocenters. The first-order chi connectivity index (χ1) is 11.2. The maximum Gasteiger partial charge on any atom is 0.322 e. The van der Waals surface area contributed by atoms with Gasteiger partial charge in [0.15, 0.2) is 0 Å². The molecule has 2 unspecified atom stereocenters. The number of rotatable bonds is 3. The minimum atomic E-state index is -2.90. The van der Waals surface area contributed by atoms with Gasteiger partial charge in [-0.2, -0.15) is 0 Å². The van der Waals surface area contributed by atoms with Crippen LogP contribution in [0.4, 0.5) is 19.3 Å². The number of hydrogen-bond donors (Lipinski definition) is 4. The third kappa shape index (κ3) is 2.94. The Balaban J connectivity index is 1.76. The van der Waals surface area contributed by atoms with Gasteiger partial charge in [0, 0.05) is 12.1 Å². The van der Waals surface area contributed by atoms with E-state index in [0.29, 0.717) is 11.3 Å². The zero-order valence-electron chi connectivity index (χ0n) is 12.8. The van der Waals surface area contributed by atoms with Gasteiger partial charge >= 0.3 is 6.03 Å². The molecule has 3 rings (SSSR count). The quantitative estimate of drug-likeness (QED) is 0.609. The maximum atomic E-state index is 13.2. The topological polar surface area (TPSA) is 99.3 Å². The van der Waals surface area contributed by atoms with Crippen LogP contribution in [0.25, 0.3) is 0 Å². The highest BCUT2D eigenvalue weighted by Crippen LogP contribution is 2.28. The van der Waals surface area contributed by atoms with E-state index in [0.717, 1.165) is 0 Å². The first-order valence-electron chi connectivity index (χ1n) is 7.36. The zero-order valence-corrected chi connectivity index (χ0v) is 12.8. The highest BCUT2D eigenvalue weighted by atomic mass is 19.3. The Kier molecular flexibility index (Phi) is 3.75. The van der Waals surface area contributed by atoms with Gasteiger partial charge in [0.1, 0.15) is 5.54 Å². The Morgan fingerprint density at radius 3 is 2.67 bits per heavy atom. The van der Waals surface area contributed by atoms with E-state index in [2.05, 4.69) is 21.3 Å². The molecule has 0 aromatic heterocycles. The number of amides is 4. The molecule has 2 aliphatic heterocycles. The second-order valence-electron chi connectivity index (χ2n) is 6.10. The van der Waals surface area contributed by atoms with Crippen molar-refractivity contribution in [1.82, 2.24) is 16.0 Å². The Morgan fingerprint density at radius 1 is 1.33 bits per heavy atom. The van der Waals surface area contributed by atoms with Crippen molar-refractivity contribution in [2.45, 2.75) is 30.8 Å². The molecule has 2 saturated heterocycles. The van der Waals surface area contributed by atoms with Crippen LogP contribution in [0.3, 0.4) is 0 Å². The van der Waals surface area contributed by atoms with Crippen molar-refractivity contribution >= 4 is 23.5 Å². The van der Waals surface area contributed by atoms with Crippen molar-refractivity contribution in [1.29, 1.82) is 0 Å². The number of benzene rings is 1. The lowest BCUT2D eigenvalue weighted by Crippen LogP contribution is -2.40. The number of urea groups is 1. The number of anilines is 1. The molecule has 0 aliphatic carbocycles. The monoisotopic (exact) mass is 338 g/mol. The van der Waals surface area contributed by atoms with Gasteiger partial charge in [0.2, 0.25) is 5.91 Å². The average Bonchev–Trinajstić information content (AvgIpc) is 2.99. The van der Waals surface area contributed by atoms with Crippen LogP contribution in [0.15, 0.2) is 24.3 Å². The number of carbonyl (C=O) groups is 3. The molecular weight excluding hydrogens is 322 g/mol. The summed E-state index contributed by atoms with van der Waals surface area (Å²) in [5.74, 6) is -3.98. The van der Waals surface area contributed by atoms with Crippen LogP contribution in [0, 0.1) is 0 Å². The summed E-state index contributed by atoms with van der Waals surface area (Å²) in [6.45, 7) is 1.00. The van der Waals surface area contributed by atoms with E-state index in [-0.39, 0.29) is 0 Å². The smallest absolute Gasteiger partial charge is 0.322 e. The van der Waals surface area contributed by atoms with Crippen LogP contribution in [0.2, 0.25) is 0 Å². The summed E-state index contributed by atoms with van der Waals surface area (Å²) in [6, 6.07) is 4.75. The number of imide groups is 1. The van der Waals surface area contributed by atoms with Crippen molar-refractivity contribution in [2.75, 3.05) is 11.9 Å². The first kappa shape index (κ1) is 16.3. The van der Waals surface area contributed by atoms with Crippen LogP contribution in [-0.2, 0) is 15.1 Å². The van der Waals surface area contributed by atoms with Gasteiger partial charge in [-0.25, -0.2) is 13.6 Å². The Labute approximate surface area is 136 Å². The summed E-state index contributed by atoms with van der Waals surface area (Å²) in [7, 11) is 0. The van der Waals surface area contributed by atoms with Crippen LogP contribution in [-0.4, -0.2) is 36.4 Å². The molecule has 128 valence electrons. The largest absolute Gasteiger partial charge is 0.325 e. The lowest BCUT2D eigenvalue weighted by Gasteiger charge is -2.22. The second-order valence-corrected chi connectivity index (χ2v) is 6.10. The molecule has 0 spiro atoms. The Morgan fingerprint density at radius 2 is 2.08 bits per heavy atom. The molecule has 1 aromatic rings. The molecular formula is C15H16F2N4O3. The van der Waals surface area contributed by atoms with E-state index in [9.17, 15) is 23.2 Å². The van der Waals surface area contributed by atoms with Crippen molar-refractivity contribution < 1.29 is 23.2 Å². The van der Waals surface area contributed by atoms with Crippen molar-refractivity contribution in [2.24, 2.45) is 0 Å². The minimum Gasteiger partial charge on any atom is -0.325 e. The fourth-order valence-electron chi connectivity index (χ4n) is 2.78. The van der Waals surface area contributed by atoms with E-state index < -0.39 is 48.3 Å². The summed E-state index contributed by atoms with van der Waals surface area (Å²) in [5.41, 5.74) is -0.436. The molecule has 2 heterocycles. The summed E-state index contributed by atoms with van der Waals surface area (Å²) < 4.78 is 26.3. The fraction of sp³-hybridized carbons (Fsp3) is 0.400. The summed E-state index contributed by atoms with van der Waals surface area (Å²) >= 11 is 0. The number of alkyl halides is 2. The van der Waals surface area contributed by atoms with Gasteiger partial charge in [-0.05, 0) is 24.6 Å². The van der Waals surface area contributed by atoms with Gasteiger partial charge in [-0.15, -0.1) is 0 Å². The van der Waals surface area contributed by atoms with E-state index in [1.54, 1.807) is 18.2 Å². The first-order valence-corrected chi connectivity index (χ1v) is 7.36. The van der Waals surface area contributed by atoms with Crippen molar-refractivity contribution in [3.05, 3.63) is 29.8 Å². The standard InChI is InChI=1S/C15H16F2N4O3/c1-14(12(23)20-13(24)21-14)8-3-2-4-9(5-8)19-11(22)10-6-15(16,17)7-18-10/h2-5,10,18H,6-7H2,1H3,(H,19,22)(H2,20,21,23,24). The average molecular weight is 338 g/mol. The van der Waals surface area contributed by atoms with Crippen LogP contribution < -0.4 is 21.3 Å². The molecule has 9 heteroatoms. The Bertz CT molecular complexity index is 724. The van der Waals surface area contributed by atoms with E-state index in [4.69, 9.17) is 0 Å². The molecule has 2 aliphatic rings. The molecule has 1 aromatic carbocycles. The van der Waals surface area contributed by atoms with Gasteiger partial charge in [-0.1, -0.05) is 12.1 Å². The molecule has 4 N–H and O–H groups in total. The van der Waals surface area contributed by atoms with Crippen LogP contribution in [0.5, 0.6) is 0 Å². The predicted octanol–water partition coefficient (Wildman–Crippen LogP) is 0.677. The fourth-order valence-corrected chi connectivity index (χ4v) is 2.78. The number of carbonyl (C=O) groups excluding carboxylic acids is 3. The zero-order chi connectivity index (χ0) is 17.5. The number of halogens is 2. The summed E-state index contributed by atoms with van der Waals surface area (Å²) in [4.78, 5) is 35.4. The molecule has 0 saturated carbocycles. The maximum absolute atomic E-state index is 13.2. The van der Waals surface area contributed by atoms with E-state index in [1.165, 1.54) is 13.0 Å². The molecule has 7 nitrogen and oxygen atoms in total. The van der Waals surface area contributed by atoms with Crippen molar-refractivity contribution in [3.8, 4) is 0 Å². The highest BCUT2D eigenvalue weighted by Gasteiger charge is 2.44. The molecule has 2 fully saturated rings. The molecule has 4 amide bonds. The van der Waals surface area contributed by atoms with Crippen LogP contribution >= 0.6 is 0 Å². The van der Waals surface area contributed by atoms with Crippen LogP contribution in [0.1, 0.15) is 18.9 Å². The molecule has 0 radical (unpaired) electrons. The lowest BCUT2D eigenvalue weighted by atomic mass is 9.92. The normalized spacial score (nSPS) is 28.4. The summed E-state index contributed by atoms with van der Waals surface area (Å²) in [5, 5.41) is 9.69. The Hall–Kier alpha value is -2.55. The van der Waals surface area contributed by atoms with E-state index >= 15 is 0 Å². The third-order valence-corrected chi connectivity index (χ3v) is 4.18. The summed E-state index contributed by atoms with van der Waals surface area (Å²) in [6.07, 6.45) is -0.561. The predicted molar refractivity (Wildman–Crippen MR) is 80.5 cm³/mol. The van der Waals surface area contributed by atoms with Gasteiger partial charge in [0.05, 0.1) is 12.6 Å². The molecule has 24 heavy (non-hydrogen) atoms. The lowest BCUT2D eigenvalue weighted by molar-refractivity contribution is -0.123. The highest BCUT2D eigenvalue weighted by molar-refractivity contribution is 6.07. The minimum absolute atomic E-state index is 0.352. The van der Waals surface area contributed by atoms with E-state index in [1.807, 2.05) is 0 Å². The SMILES string of the molecule is CC1(c2cccc(NC(=O)C3CC(F)(F)CN3)c2)NC(=O)NC1=O. The number of nitrogens with one attached hydrogen (secondary N) is 4. The van der Waals surface area contributed by atoms with Gasteiger partial charge in [0.25, 0.3) is 11.8 Å². The third-order valence-electron chi connectivity index (χ3n) is 4.18. The van der Waals surface area contributed by atoms with Crippen molar-refractivity contribution in [3.63, 3.8) is 0 Å². The van der Waals surface area contributed by atoms with Gasteiger partial charge < -0.3 is 10.6 Å². The second kappa shape index (κ2) is 5.52. The number of hydrogen-bond acceptors (Lipinski definition) is 4. The van der Waals surface area contributed by atoms with Gasteiger partial charge in [-0.3, -0.25) is 20.2 Å².